The van der Waals surface area contributed by atoms with Gasteiger partial charge in [0.05, 0.1) is 5.75 Å². The molecule has 0 saturated heterocycles. The van der Waals surface area contributed by atoms with E-state index in [4.69, 9.17) is 0 Å². The Kier molecular flexibility index (Phi) is 10.6. The van der Waals surface area contributed by atoms with Crippen LogP contribution in [0.3, 0.4) is 0 Å². The second kappa shape index (κ2) is 9.62. The van der Waals surface area contributed by atoms with Crippen molar-refractivity contribution in [3.63, 3.8) is 0 Å². The summed E-state index contributed by atoms with van der Waals surface area (Å²) in [5.74, 6) is 0.804. The van der Waals surface area contributed by atoms with Crippen molar-refractivity contribution in [2.45, 2.75) is 81.1 Å². The van der Waals surface area contributed by atoms with Crippen molar-refractivity contribution in [2.75, 3.05) is 5.75 Å². The van der Waals surface area contributed by atoms with Crippen molar-refractivity contribution < 1.29 is 13.0 Å². The van der Waals surface area contributed by atoms with Crippen LogP contribution in [0.15, 0.2) is 0 Å². The topological polar surface area (TPSA) is 54.4 Å². The summed E-state index contributed by atoms with van der Waals surface area (Å²) in [6, 6.07) is 0. The summed E-state index contributed by atoms with van der Waals surface area (Å²) in [5.41, 5.74) is 0.475. The summed E-state index contributed by atoms with van der Waals surface area (Å²) < 4.78 is 31.9. The highest BCUT2D eigenvalue weighted by atomic mass is 35.5. The van der Waals surface area contributed by atoms with Gasteiger partial charge in [0, 0.05) is 0 Å². The highest BCUT2D eigenvalue weighted by Crippen LogP contribution is 2.34. The predicted molar refractivity (Wildman–Crippen MR) is 103 cm³/mol. The molecule has 0 saturated carbocycles. The van der Waals surface area contributed by atoms with Gasteiger partial charge in [-0.3, -0.25) is 4.55 Å². The summed E-state index contributed by atoms with van der Waals surface area (Å²) >= 11 is 0. The van der Waals surface area contributed by atoms with E-state index in [0.717, 1.165) is 25.7 Å². The van der Waals surface area contributed by atoms with Gasteiger partial charge in [-0.05, 0) is 47.8 Å². The van der Waals surface area contributed by atoms with Crippen LogP contribution in [0.5, 0.6) is 0 Å². The van der Waals surface area contributed by atoms with Crippen LogP contribution in [-0.2, 0) is 10.1 Å². The van der Waals surface area contributed by atoms with Gasteiger partial charge in [0.15, 0.2) is 0 Å². The van der Waals surface area contributed by atoms with Crippen molar-refractivity contribution in [3.05, 3.63) is 0 Å². The fourth-order valence-electron chi connectivity index (χ4n) is 3.58. The van der Waals surface area contributed by atoms with Crippen molar-refractivity contribution in [3.8, 4) is 0 Å². The van der Waals surface area contributed by atoms with Crippen LogP contribution in [-0.4, -0.2) is 18.7 Å². The second-order valence-corrected chi connectivity index (χ2v) is 11.2. The lowest BCUT2D eigenvalue weighted by Crippen LogP contribution is -2.26. The third kappa shape index (κ3) is 15.5. The molecule has 142 valence electrons. The van der Waals surface area contributed by atoms with E-state index in [-0.39, 0.29) is 29.5 Å². The molecule has 3 atom stereocenters. The molecule has 0 aromatic carbocycles. The Morgan fingerprint density at radius 2 is 1.30 bits per heavy atom. The lowest BCUT2D eigenvalue weighted by molar-refractivity contribution is 0.221. The summed E-state index contributed by atoms with van der Waals surface area (Å²) in [4.78, 5) is 0. The van der Waals surface area contributed by atoms with Crippen molar-refractivity contribution >= 4 is 22.5 Å². The number of rotatable bonds is 8. The van der Waals surface area contributed by atoms with E-state index in [2.05, 4.69) is 55.4 Å². The van der Waals surface area contributed by atoms with Crippen LogP contribution in [0.2, 0.25) is 0 Å². The zero-order chi connectivity index (χ0) is 17.8. The van der Waals surface area contributed by atoms with E-state index >= 15 is 0 Å². The average Bonchev–Trinajstić information content (AvgIpc) is 2.17. The summed E-state index contributed by atoms with van der Waals surface area (Å²) in [7, 11) is -3.91. The molecule has 0 aliphatic rings. The maximum atomic E-state index is 11.3. The minimum atomic E-state index is -3.91. The number of hydrogen-bond acceptors (Lipinski definition) is 2. The summed E-state index contributed by atoms with van der Waals surface area (Å²) in [6.07, 6.45) is 4.00. The van der Waals surface area contributed by atoms with Gasteiger partial charge < -0.3 is 0 Å². The van der Waals surface area contributed by atoms with Gasteiger partial charge in [-0.25, -0.2) is 0 Å². The van der Waals surface area contributed by atoms with Crippen molar-refractivity contribution in [1.29, 1.82) is 0 Å². The van der Waals surface area contributed by atoms with E-state index < -0.39 is 10.1 Å². The van der Waals surface area contributed by atoms with Gasteiger partial charge in [0.25, 0.3) is 10.1 Å². The predicted octanol–water partition coefficient (Wildman–Crippen LogP) is 5.84. The first kappa shape index (κ1) is 25.4. The lowest BCUT2D eigenvalue weighted by atomic mass is 9.77. The van der Waals surface area contributed by atoms with Crippen LogP contribution < -0.4 is 0 Å². The first-order chi connectivity index (χ1) is 9.59. The fraction of sp³-hybridized carbons (Fsp3) is 1.00. The first-order valence-electron chi connectivity index (χ1n) is 8.54. The Labute approximate surface area is 151 Å². The van der Waals surface area contributed by atoms with E-state index in [1.807, 2.05) is 0 Å². The Morgan fingerprint density at radius 1 is 0.870 bits per heavy atom. The van der Waals surface area contributed by atoms with E-state index in [0.29, 0.717) is 17.3 Å². The molecule has 3 unspecified atom stereocenters. The fourth-order valence-corrected chi connectivity index (χ4v) is 4.62. The molecule has 0 aliphatic carbocycles. The van der Waals surface area contributed by atoms with Crippen molar-refractivity contribution in [1.82, 2.24) is 0 Å². The maximum Gasteiger partial charge on any atom is 0.265 e. The molecule has 0 bridgehead atoms. The molecular formula is C18H39ClO3S. The van der Waals surface area contributed by atoms with Crippen molar-refractivity contribution in [2.24, 2.45) is 28.6 Å². The molecule has 0 fully saturated rings. The van der Waals surface area contributed by atoms with Gasteiger partial charge in [0.2, 0.25) is 0 Å². The van der Waals surface area contributed by atoms with Crippen LogP contribution in [0.1, 0.15) is 81.1 Å². The van der Waals surface area contributed by atoms with E-state index in [1.165, 1.54) is 0 Å². The Balaban J connectivity index is 0. The van der Waals surface area contributed by atoms with Gasteiger partial charge in [-0.1, -0.05) is 61.8 Å². The van der Waals surface area contributed by atoms with Gasteiger partial charge in [-0.2, -0.15) is 8.42 Å². The standard InChI is InChI=1S/C18H38O3S.ClH/c1-14(11-17(3,4)5)9-10-16(13-22(19,20)21)15(2)12-18(6,7)8;/h14-16H,9-13H2,1-8H3,(H,19,20,21);1H. The monoisotopic (exact) mass is 370 g/mol. The molecule has 0 rings (SSSR count). The molecule has 0 aromatic heterocycles. The van der Waals surface area contributed by atoms with Gasteiger partial charge >= 0.3 is 0 Å². The zero-order valence-electron chi connectivity index (χ0n) is 16.3. The van der Waals surface area contributed by atoms with Gasteiger partial charge in [-0.15, -0.1) is 12.4 Å². The summed E-state index contributed by atoms with van der Waals surface area (Å²) in [5, 5.41) is 0. The quantitative estimate of drug-likeness (QED) is 0.546. The highest BCUT2D eigenvalue weighted by Gasteiger charge is 2.27. The molecule has 5 heteroatoms. The zero-order valence-corrected chi connectivity index (χ0v) is 18.0. The van der Waals surface area contributed by atoms with E-state index in [1.54, 1.807) is 0 Å². The van der Waals surface area contributed by atoms with Gasteiger partial charge in [0.1, 0.15) is 0 Å². The summed E-state index contributed by atoms with van der Waals surface area (Å²) in [6.45, 7) is 17.6. The number of hydrogen-bond donors (Lipinski definition) is 1. The Hall–Kier alpha value is 0.200. The largest absolute Gasteiger partial charge is 0.286 e. The second-order valence-electron chi connectivity index (χ2n) is 9.70. The lowest BCUT2D eigenvalue weighted by Gasteiger charge is -2.30. The molecule has 0 radical (unpaired) electrons. The molecule has 0 spiro atoms. The third-order valence-electron chi connectivity index (χ3n) is 4.15. The third-order valence-corrected chi connectivity index (χ3v) is 5.00. The first-order valence-corrected chi connectivity index (χ1v) is 10.2. The smallest absolute Gasteiger partial charge is 0.265 e. The Morgan fingerprint density at radius 3 is 1.65 bits per heavy atom. The minimum Gasteiger partial charge on any atom is -0.286 e. The van der Waals surface area contributed by atoms with Crippen LogP contribution in [0, 0.1) is 28.6 Å². The molecule has 0 amide bonds. The number of halogens is 1. The maximum absolute atomic E-state index is 11.3. The normalized spacial score (nSPS) is 17.3. The SMILES string of the molecule is CC(CCC(CS(=O)(=O)O)C(C)CC(C)(C)C)CC(C)(C)C.Cl. The minimum absolute atomic E-state index is 0. The molecular weight excluding hydrogens is 332 g/mol. The molecule has 0 heterocycles. The van der Waals surface area contributed by atoms with Crippen LogP contribution in [0.4, 0.5) is 0 Å². The molecule has 1 N–H and O–H groups in total. The molecule has 0 aliphatic heterocycles. The Bertz CT molecular complexity index is 419. The highest BCUT2D eigenvalue weighted by molar-refractivity contribution is 7.85. The molecule has 0 aromatic rings. The molecule has 3 nitrogen and oxygen atoms in total. The average molecular weight is 371 g/mol. The molecule has 23 heavy (non-hydrogen) atoms. The van der Waals surface area contributed by atoms with Crippen LogP contribution in [0.25, 0.3) is 0 Å². The van der Waals surface area contributed by atoms with E-state index in [9.17, 15) is 13.0 Å². The van der Waals surface area contributed by atoms with Crippen LogP contribution >= 0.6 is 12.4 Å².